The van der Waals surface area contributed by atoms with Crippen LogP contribution in [0.3, 0.4) is 0 Å². The van der Waals surface area contributed by atoms with Gasteiger partial charge in [0.05, 0.1) is 0 Å². The summed E-state index contributed by atoms with van der Waals surface area (Å²) < 4.78 is 77.2. The van der Waals surface area contributed by atoms with Crippen molar-refractivity contribution in [3.8, 4) is 0 Å². The van der Waals surface area contributed by atoms with E-state index in [-0.39, 0.29) is 34.4 Å². The van der Waals surface area contributed by atoms with Crippen LogP contribution in [0.1, 0.15) is 0 Å². The van der Waals surface area contributed by atoms with Gasteiger partial charge in [-0.1, -0.05) is 0 Å². The van der Waals surface area contributed by atoms with E-state index >= 15 is 0 Å². The predicted octanol–water partition coefficient (Wildman–Crippen LogP) is -7.88. The van der Waals surface area contributed by atoms with Crippen LogP contribution in [0.4, 0.5) is 0 Å². The molecule has 1 radical (unpaired) electrons. The van der Waals surface area contributed by atoms with Crippen molar-refractivity contribution >= 4 is 17.4 Å². The van der Waals surface area contributed by atoms with Crippen LogP contribution in [0.2, 0.25) is 0 Å². The third-order valence-corrected chi connectivity index (χ3v) is 0. The molecule has 0 bridgehead atoms. The van der Waals surface area contributed by atoms with Crippen molar-refractivity contribution in [2.75, 3.05) is 0 Å². The van der Waals surface area contributed by atoms with Crippen molar-refractivity contribution < 1.29 is 105 Å². The predicted molar refractivity (Wildman–Crippen MR) is 7.81 cm³/mol. The van der Waals surface area contributed by atoms with Crippen LogP contribution in [0.25, 0.3) is 0 Å². The van der Waals surface area contributed by atoms with E-state index in [1.165, 1.54) is 0 Å². The first-order valence-corrected chi connectivity index (χ1v) is 7.57. The second-order valence-electron chi connectivity index (χ2n) is 0.750. The van der Waals surface area contributed by atoms with E-state index in [1.807, 2.05) is 0 Å². The summed E-state index contributed by atoms with van der Waals surface area (Å²) >= 11 is -12.2. The maximum absolute atomic E-state index is 8.58. The Bertz CT molecular complexity index is 118. The quantitative estimate of drug-likeness (QED) is 0.373. The minimum absolute atomic E-state index is 0. The molecule has 0 atom stereocenters. The monoisotopic (exact) mass is 371 g/mol. The Morgan fingerprint density at radius 1 is 0.571 bits per heavy atom. The van der Waals surface area contributed by atoms with E-state index in [2.05, 4.69) is 0 Å². The van der Waals surface area contributed by atoms with E-state index in [1.54, 1.807) is 0 Å². The van der Waals surface area contributed by atoms with Crippen LogP contribution >= 0.6 is 0 Å². The molecule has 0 unspecified atom stereocenters. The fourth-order valence-corrected chi connectivity index (χ4v) is 0. The molecule has 0 saturated heterocycles. The molecule has 0 fully saturated rings. The Labute approximate surface area is 121 Å². The SMILES string of the molecule is [Al+3].[Fe+3].[O]=[Ti]([O-])[O-].[O]=[Ti]([O-])[O-].[O]=[Ti]([O-])[O-]. The summed E-state index contributed by atoms with van der Waals surface area (Å²) in [6.45, 7) is 0. The van der Waals surface area contributed by atoms with E-state index in [0.29, 0.717) is 0 Å². The molecule has 0 aliphatic rings. The Morgan fingerprint density at radius 3 is 0.571 bits per heavy atom. The first kappa shape index (κ1) is 29.9. The van der Waals surface area contributed by atoms with Gasteiger partial charge in [0, 0.05) is 0 Å². The third kappa shape index (κ3) is 462. The molecule has 0 aromatic rings. The number of hydrogen-bond donors (Lipinski definition) is 0. The Kier molecular flexibility index (Phi) is 52.4. The summed E-state index contributed by atoms with van der Waals surface area (Å²) in [5.41, 5.74) is 0. The van der Waals surface area contributed by atoms with Gasteiger partial charge in [0.2, 0.25) is 0 Å². The van der Waals surface area contributed by atoms with E-state index < -0.39 is 55.8 Å². The summed E-state index contributed by atoms with van der Waals surface area (Å²) in [6, 6.07) is 0. The van der Waals surface area contributed by atoms with Gasteiger partial charge >= 0.3 is 122 Å². The maximum atomic E-state index is 8.58. The van der Waals surface area contributed by atoms with Crippen molar-refractivity contribution in [1.82, 2.24) is 0 Å². The topological polar surface area (TPSA) is 190 Å². The molecule has 0 spiro atoms. The molecule has 14 heavy (non-hydrogen) atoms. The summed E-state index contributed by atoms with van der Waals surface area (Å²) in [7, 11) is 0. The van der Waals surface area contributed by atoms with Gasteiger partial charge in [-0.15, -0.1) is 0 Å². The van der Waals surface area contributed by atoms with E-state index in [4.69, 9.17) is 32.1 Å². The summed E-state index contributed by atoms with van der Waals surface area (Å²) in [4.78, 5) is 0. The number of hydrogen-bond acceptors (Lipinski definition) is 9. The van der Waals surface area contributed by atoms with Gasteiger partial charge in [-0.3, -0.25) is 0 Å². The third-order valence-electron chi connectivity index (χ3n) is 0. The molecule has 0 aliphatic heterocycles. The Balaban J connectivity index is -0.0000000270. The fourth-order valence-electron chi connectivity index (χ4n) is 0. The van der Waals surface area contributed by atoms with Crippen molar-refractivity contribution in [3.05, 3.63) is 0 Å². The first-order chi connectivity index (χ1) is 5.20. The summed E-state index contributed by atoms with van der Waals surface area (Å²) in [5, 5.41) is 0. The van der Waals surface area contributed by atoms with Gasteiger partial charge in [-0.25, -0.2) is 0 Å². The van der Waals surface area contributed by atoms with E-state index in [0.717, 1.165) is 0 Å². The van der Waals surface area contributed by atoms with Crippen LogP contribution in [0, 0.1) is 0 Å². The van der Waals surface area contributed by atoms with Gasteiger partial charge in [-0.05, 0) is 0 Å². The average molecular weight is 370 g/mol. The zero-order valence-corrected chi connectivity index (χ0v) is 13.0. The van der Waals surface area contributed by atoms with Gasteiger partial charge in [0.25, 0.3) is 0 Å². The van der Waals surface area contributed by atoms with Crippen LogP contribution in [-0.4, -0.2) is 17.4 Å². The summed E-state index contributed by atoms with van der Waals surface area (Å²) in [6.07, 6.45) is 0. The van der Waals surface area contributed by atoms with Crippen molar-refractivity contribution in [2.45, 2.75) is 0 Å². The molecule has 77 valence electrons. The van der Waals surface area contributed by atoms with Crippen LogP contribution in [0.5, 0.6) is 0 Å². The van der Waals surface area contributed by atoms with E-state index in [9.17, 15) is 0 Å². The number of rotatable bonds is 0. The second kappa shape index (κ2) is 24.5. The molecule has 9 nitrogen and oxygen atoms in total. The molecule has 0 amide bonds. The molecule has 0 N–H and O–H groups in total. The van der Waals surface area contributed by atoms with Gasteiger partial charge in [0.15, 0.2) is 0 Å². The second-order valence-corrected chi connectivity index (χ2v) is 3.09. The van der Waals surface area contributed by atoms with Crippen LogP contribution < -0.4 is 22.1 Å². The Hall–Kier alpha value is 2.35. The molecule has 0 aromatic heterocycles. The summed E-state index contributed by atoms with van der Waals surface area (Å²) in [5.74, 6) is 0. The van der Waals surface area contributed by atoms with Crippen molar-refractivity contribution in [2.24, 2.45) is 0 Å². The zero-order valence-electron chi connectivity index (χ0n) is 6.11. The molecular formula is AlFeO9Ti3. The minimum atomic E-state index is -4.08. The van der Waals surface area contributed by atoms with Crippen LogP contribution in [0.15, 0.2) is 0 Å². The molecule has 0 aliphatic carbocycles. The molecule has 0 aromatic carbocycles. The molecular weight excluding hydrogens is 370 g/mol. The van der Waals surface area contributed by atoms with Crippen LogP contribution in [-0.2, 0) is 82.9 Å². The van der Waals surface area contributed by atoms with Crippen molar-refractivity contribution in [1.29, 1.82) is 0 Å². The Morgan fingerprint density at radius 2 is 0.571 bits per heavy atom. The molecule has 0 saturated carbocycles. The zero-order chi connectivity index (χ0) is 10.7. The van der Waals surface area contributed by atoms with Gasteiger partial charge < -0.3 is 0 Å². The first-order valence-electron chi connectivity index (χ1n) is 1.84. The molecule has 0 rings (SSSR count). The molecule has 14 heteroatoms. The molecule has 0 heterocycles. The van der Waals surface area contributed by atoms with Gasteiger partial charge in [0.1, 0.15) is 0 Å². The fraction of sp³-hybridized carbons (Fsp3) is 0. The van der Waals surface area contributed by atoms with Crippen molar-refractivity contribution in [3.63, 3.8) is 0 Å². The standard InChI is InChI=1S/Al.Fe.9O.3Ti/q2*+3;;;;6*-1;;;. The normalized spacial score (nSPS) is 5.57. The average Bonchev–Trinajstić information content (AvgIpc) is 1.54. The van der Waals surface area contributed by atoms with Gasteiger partial charge in [-0.2, -0.15) is 0 Å².